The summed E-state index contributed by atoms with van der Waals surface area (Å²) in [5, 5.41) is 8.41. The molecule has 0 unspecified atom stereocenters. The van der Waals surface area contributed by atoms with Gasteiger partial charge in [0.05, 0.1) is 13.0 Å². The largest absolute Gasteiger partial charge is 0.481 e. The number of carboxylic acid groups (broad SMARTS) is 1. The van der Waals surface area contributed by atoms with Gasteiger partial charge >= 0.3 is 11.9 Å². The van der Waals surface area contributed by atoms with Gasteiger partial charge in [-0.05, 0) is 6.42 Å². The molecule has 0 amide bonds. The number of esters is 1. The number of carboxylic acids is 1. The number of hydrogen-bond acceptors (Lipinski definition) is 3. The molecule has 0 spiro atoms. The molecule has 0 aliphatic carbocycles. The molecule has 1 N–H and O–H groups in total. The van der Waals surface area contributed by atoms with Gasteiger partial charge in [-0.3, -0.25) is 4.79 Å². The second-order valence-corrected chi connectivity index (χ2v) is 3.37. The van der Waals surface area contributed by atoms with Crippen molar-refractivity contribution in [2.45, 2.75) is 39.0 Å². The Kier molecular flexibility index (Phi) is 7.32. The van der Waals surface area contributed by atoms with E-state index in [-0.39, 0.29) is 12.0 Å². The fourth-order valence-corrected chi connectivity index (χ4v) is 1.05. The van der Waals surface area contributed by atoms with Gasteiger partial charge in [0.2, 0.25) is 0 Å². The van der Waals surface area contributed by atoms with Gasteiger partial charge in [0.15, 0.2) is 0 Å². The second-order valence-electron chi connectivity index (χ2n) is 3.37. The molecule has 0 radical (unpaired) electrons. The zero-order valence-corrected chi connectivity index (χ0v) is 9.12. The summed E-state index contributed by atoms with van der Waals surface area (Å²) >= 11 is 0. The Bertz CT molecular complexity index is 233. The third-order valence-electron chi connectivity index (χ3n) is 1.88. The Labute approximate surface area is 89.9 Å². The fraction of sp³-hybridized carbons (Fsp3) is 0.636. The van der Waals surface area contributed by atoms with Gasteiger partial charge in [0, 0.05) is 5.57 Å². The van der Waals surface area contributed by atoms with E-state index in [1.807, 2.05) is 0 Å². The first-order valence-electron chi connectivity index (χ1n) is 5.14. The molecule has 0 saturated carbocycles. The number of unbranched alkanes of at least 4 members (excludes halogenated alkanes) is 3. The second kappa shape index (κ2) is 8.03. The minimum absolute atomic E-state index is 0.00186. The smallest absolute Gasteiger partial charge is 0.333 e. The maximum absolute atomic E-state index is 11.1. The molecule has 0 aromatic carbocycles. The Morgan fingerprint density at radius 1 is 1.27 bits per heavy atom. The summed E-state index contributed by atoms with van der Waals surface area (Å²) in [6.07, 6.45) is 3.73. The van der Waals surface area contributed by atoms with Gasteiger partial charge in [-0.15, -0.1) is 0 Å². The summed E-state index contributed by atoms with van der Waals surface area (Å²) in [6, 6.07) is 0. The van der Waals surface area contributed by atoms with Gasteiger partial charge in [0.25, 0.3) is 0 Å². The van der Waals surface area contributed by atoms with E-state index < -0.39 is 11.9 Å². The molecule has 0 aliphatic heterocycles. The molecule has 0 atom stereocenters. The predicted octanol–water partition coefficient (Wildman–Crippen LogP) is 2.14. The summed E-state index contributed by atoms with van der Waals surface area (Å²) in [6.45, 7) is 5.80. The highest BCUT2D eigenvalue weighted by Crippen LogP contribution is 2.03. The van der Waals surface area contributed by atoms with E-state index in [2.05, 4.69) is 13.5 Å². The van der Waals surface area contributed by atoms with Crippen molar-refractivity contribution in [1.82, 2.24) is 0 Å². The Hall–Kier alpha value is -1.32. The summed E-state index contributed by atoms with van der Waals surface area (Å²) < 4.78 is 4.85. The summed E-state index contributed by atoms with van der Waals surface area (Å²) in [5.74, 6) is -1.67. The van der Waals surface area contributed by atoms with E-state index in [1.165, 1.54) is 0 Å². The molecule has 4 heteroatoms. The summed E-state index contributed by atoms with van der Waals surface area (Å²) in [4.78, 5) is 21.4. The van der Waals surface area contributed by atoms with E-state index in [4.69, 9.17) is 9.84 Å². The van der Waals surface area contributed by atoms with E-state index in [0.717, 1.165) is 25.7 Å². The first kappa shape index (κ1) is 13.7. The van der Waals surface area contributed by atoms with Crippen molar-refractivity contribution >= 4 is 11.9 Å². The van der Waals surface area contributed by atoms with Crippen molar-refractivity contribution in [3.63, 3.8) is 0 Å². The Morgan fingerprint density at radius 2 is 1.93 bits per heavy atom. The average Bonchev–Trinajstić information content (AvgIpc) is 2.16. The van der Waals surface area contributed by atoms with Gasteiger partial charge in [-0.25, -0.2) is 4.79 Å². The van der Waals surface area contributed by atoms with Crippen LogP contribution in [0.1, 0.15) is 39.0 Å². The maximum Gasteiger partial charge on any atom is 0.333 e. The van der Waals surface area contributed by atoms with Crippen LogP contribution in [0.2, 0.25) is 0 Å². The minimum Gasteiger partial charge on any atom is -0.481 e. The summed E-state index contributed by atoms with van der Waals surface area (Å²) in [5.41, 5.74) is -0.00186. The number of ether oxygens (including phenoxy) is 1. The van der Waals surface area contributed by atoms with Crippen LogP contribution in [0.15, 0.2) is 12.2 Å². The van der Waals surface area contributed by atoms with Crippen molar-refractivity contribution < 1.29 is 19.4 Å². The van der Waals surface area contributed by atoms with Crippen LogP contribution in [0.5, 0.6) is 0 Å². The fourth-order valence-electron chi connectivity index (χ4n) is 1.05. The molecule has 0 aliphatic rings. The molecule has 0 aromatic rings. The molecule has 15 heavy (non-hydrogen) atoms. The standard InChI is InChI=1S/C11H18O4/c1-3-4-5-6-7-15-11(14)9(2)8-10(12)13/h2-8H2,1H3,(H,12,13). The molecule has 0 saturated heterocycles. The average molecular weight is 214 g/mol. The van der Waals surface area contributed by atoms with Crippen LogP contribution < -0.4 is 0 Å². The lowest BCUT2D eigenvalue weighted by atomic mass is 10.2. The lowest BCUT2D eigenvalue weighted by molar-refractivity contribution is -0.142. The zero-order valence-electron chi connectivity index (χ0n) is 9.12. The summed E-state index contributed by atoms with van der Waals surface area (Å²) in [7, 11) is 0. The number of carbonyl (C=O) groups excluding carboxylic acids is 1. The molecule has 86 valence electrons. The molecule has 0 rings (SSSR count). The quantitative estimate of drug-likeness (QED) is 0.382. The SMILES string of the molecule is C=C(CC(=O)O)C(=O)OCCCCCC. The van der Waals surface area contributed by atoms with E-state index in [1.54, 1.807) is 0 Å². The van der Waals surface area contributed by atoms with Gasteiger partial charge in [0.1, 0.15) is 0 Å². The Morgan fingerprint density at radius 3 is 2.47 bits per heavy atom. The predicted molar refractivity (Wildman–Crippen MR) is 56.5 cm³/mol. The lowest BCUT2D eigenvalue weighted by Crippen LogP contribution is -2.11. The van der Waals surface area contributed by atoms with Crippen LogP contribution in [0.25, 0.3) is 0 Å². The van der Waals surface area contributed by atoms with E-state index in [9.17, 15) is 9.59 Å². The minimum atomic E-state index is -1.07. The lowest BCUT2D eigenvalue weighted by Gasteiger charge is -2.04. The van der Waals surface area contributed by atoms with Crippen molar-refractivity contribution in [1.29, 1.82) is 0 Å². The molecular formula is C11H18O4. The van der Waals surface area contributed by atoms with Gasteiger partial charge < -0.3 is 9.84 Å². The van der Waals surface area contributed by atoms with Gasteiger partial charge in [-0.1, -0.05) is 32.8 Å². The number of hydrogen-bond donors (Lipinski definition) is 1. The highest BCUT2D eigenvalue weighted by atomic mass is 16.5. The highest BCUT2D eigenvalue weighted by molar-refractivity contribution is 5.92. The van der Waals surface area contributed by atoms with Gasteiger partial charge in [-0.2, -0.15) is 0 Å². The van der Waals surface area contributed by atoms with Crippen molar-refractivity contribution in [2.24, 2.45) is 0 Å². The maximum atomic E-state index is 11.1. The molecule has 0 bridgehead atoms. The Balaban J connectivity index is 3.56. The van der Waals surface area contributed by atoms with Crippen molar-refractivity contribution in [2.75, 3.05) is 6.61 Å². The monoisotopic (exact) mass is 214 g/mol. The van der Waals surface area contributed by atoms with Crippen LogP contribution in [0.3, 0.4) is 0 Å². The number of carbonyl (C=O) groups is 2. The number of rotatable bonds is 8. The van der Waals surface area contributed by atoms with Crippen LogP contribution in [0.4, 0.5) is 0 Å². The van der Waals surface area contributed by atoms with E-state index >= 15 is 0 Å². The molecular weight excluding hydrogens is 196 g/mol. The van der Waals surface area contributed by atoms with E-state index in [0.29, 0.717) is 6.61 Å². The normalized spacial score (nSPS) is 9.67. The topological polar surface area (TPSA) is 63.6 Å². The molecule has 0 heterocycles. The first-order valence-corrected chi connectivity index (χ1v) is 5.14. The molecule has 0 aromatic heterocycles. The zero-order chi connectivity index (χ0) is 11.7. The van der Waals surface area contributed by atoms with Crippen molar-refractivity contribution in [3.05, 3.63) is 12.2 Å². The first-order chi connectivity index (χ1) is 7.07. The number of aliphatic carboxylic acids is 1. The molecule has 4 nitrogen and oxygen atoms in total. The van der Waals surface area contributed by atoms with Crippen LogP contribution in [-0.4, -0.2) is 23.7 Å². The highest BCUT2D eigenvalue weighted by Gasteiger charge is 2.11. The molecule has 0 fully saturated rings. The van der Waals surface area contributed by atoms with Crippen LogP contribution >= 0.6 is 0 Å². The third kappa shape index (κ3) is 7.73. The van der Waals surface area contributed by atoms with Crippen molar-refractivity contribution in [3.8, 4) is 0 Å². The van der Waals surface area contributed by atoms with Crippen LogP contribution in [-0.2, 0) is 14.3 Å². The van der Waals surface area contributed by atoms with Crippen LogP contribution in [0, 0.1) is 0 Å². The third-order valence-corrected chi connectivity index (χ3v) is 1.88.